The number of alkyl carbamates (subject to hydrolysis) is 1. The molecule has 0 aromatic heterocycles. The molecule has 9 heteroatoms. The van der Waals surface area contributed by atoms with Crippen molar-refractivity contribution in [2.45, 2.75) is 30.3 Å². The van der Waals surface area contributed by atoms with Crippen molar-refractivity contribution in [1.29, 1.82) is 0 Å². The summed E-state index contributed by atoms with van der Waals surface area (Å²) in [5, 5.41) is 2.46. The van der Waals surface area contributed by atoms with Crippen LogP contribution < -0.4 is 5.32 Å². The Morgan fingerprint density at radius 3 is 2.72 bits per heavy atom. The highest BCUT2D eigenvalue weighted by atomic mass is 32.2. The van der Waals surface area contributed by atoms with E-state index in [0.717, 1.165) is 19.3 Å². The molecule has 2 fully saturated rings. The van der Waals surface area contributed by atoms with E-state index in [0.29, 0.717) is 13.1 Å². The van der Waals surface area contributed by atoms with Crippen molar-refractivity contribution >= 4 is 22.1 Å². The van der Waals surface area contributed by atoms with E-state index in [2.05, 4.69) is 5.32 Å². The van der Waals surface area contributed by atoms with Gasteiger partial charge >= 0.3 is 12.1 Å². The molecular formula is C16H20N2O6S. The van der Waals surface area contributed by atoms with Gasteiger partial charge in [0.15, 0.2) is 6.10 Å². The first kappa shape index (κ1) is 17.7. The Labute approximate surface area is 146 Å². The minimum Gasteiger partial charge on any atom is -0.458 e. The summed E-state index contributed by atoms with van der Waals surface area (Å²) in [6.45, 7) is 1.18. The summed E-state index contributed by atoms with van der Waals surface area (Å²) in [6, 6.07) is 5.82. The molecule has 1 aromatic carbocycles. The standard InChI is InChI=1S/C16H20N2O6S/c19-15(23-11-13-10-17-16(20)24-13)12-5-4-6-14(9-12)25(21,22)18-7-2-1-3-8-18/h4-6,9,13H,1-3,7-8,10-11H2,(H,17,20). The summed E-state index contributed by atoms with van der Waals surface area (Å²) in [4.78, 5) is 23.2. The molecule has 3 rings (SSSR count). The molecule has 2 aliphatic heterocycles. The normalized spacial score (nSPS) is 21.4. The van der Waals surface area contributed by atoms with Crippen molar-refractivity contribution in [2.75, 3.05) is 26.2 Å². The van der Waals surface area contributed by atoms with Crippen molar-refractivity contribution in [1.82, 2.24) is 9.62 Å². The number of rotatable bonds is 5. The zero-order chi connectivity index (χ0) is 17.9. The van der Waals surface area contributed by atoms with Crippen molar-refractivity contribution in [3.05, 3.63) is 29.8 Å². The average molecular weight is 368 g/mol. The Kier molecular flexibility index (Phi) is 5.24. The number of carbonyl (C=O) groups excluding carboxylic acids is 2. The average Bonchev–Trinajstić information content (AvgIpc) is 3.06. The van der Waals surface area contributed by atoms with Crippen LogP contribution in [0.25, 0.3) is 0 Å². The van der Waals surface area contributed by atoms with Gasteiger partial charge in [-0.15, -0.1) is 0 Å². The summed E-state index contributed by atoms with van der Waals surface area (Å²) in [5.74, 6) is -0.654. The van der Waals surface area contributed by atoms with E-state index in [1.54, 1.807) is 0 Å². The SMILES string of the molecule is O=C1NCC(COC(=O)c2cccc(S(=O)(=O)N3CCCCC3)c2)O1. The lowest BCUT2D eigenvalue weighted by molar-refractivity contribution is 0.0300. The van der Waals surface area contributed by atoms with Crippen LogP contribution >= 0.6 is 0 Å². The predicted octanol–water partition coefficient (Wildman–Crippen LogP) is 1.13. The van der Waals surface area contributed by atoms with Crippen molar-refractivity contribution in [2.24, 2.45) is 0 Å². The van der Waals surface area contributed by atoms with Gasteiger partial charge in [-0.25, -0.2) is 18.0 Å². The zero-order valence-electron chi connectivity index (χ0n) is 13.6. The molecule has 0 bridgehead atoms. The number of hydrogen-bond donors (Lipinski definition) is 1. The minimum atomic E-state index is -3.61. The van der Waals surface area contributed by atoms with Gasteiger partial charge < -0.3 is 14.8 Å². The highest BCUT2D eigenvalue weighted by Gasteiger charge is 2.27. The summed E-state index contributed by atoms with van der Waals surface area (Å²) in [6.07, 6.45) is 1.64. The first-order chi connectivity index (χ1) is 12.0. The maximum absolute atomic E-state index is 12.7. The van der Waals surface area contributed by atoms with Crippen molar-refractivity contribution < 1.29 is 27.5 Å². The third-order valence-corrected chi connectivity index (χ3v) is 6.07. The maximum Gasteiger partial charge on any atom is 0.407 e. The van der Waals surface area contributed by atoms with Crippen LogP contribution in [0.3, 0.4) is 0 Å². The second-order valence-corrected chi connectivity index (χ2v) is 7.94. The largest absolute Gasteiger partial charge is 0.458 e. The molecule has 1 aromatic rings. The van der Waals surface area contributed by atoms with Crippen LogP contribution in [0.4, 0.5) is 4.79 Å². The molecule has 2 aliphatic rings. The quantitative estimate of drug-likeness (QED) is 0.782. The summed E-state index contributed by atoms with van der Waals surface area (Å²) >= 11 is 0. The smallest absolute Gasteiger partial charge is 0.407 e. The first-order valence-corrected chi connectivity index (χ1v) is 9.62. The number of esters is 1. The lowest BCUT2D eigenvalue weighted by Crippen LogP contribution is -2.35. The molecule has 1 N–H and O–H groups in total. The number of ether oxygens (including phenoxy) is 2. The minimum absolute atomic E-state index is 0.0813. The monoisotopic (exact) mass is 368 g/mol. The number of piperidine rings is 1. The molecule has 25 heavy (non-hydrogen) atoms. The molecule has 1 unspecified atom stereocenters. The van der Waals surface area contributed by atoms with E-state index >= 15 is 0 Å². The van der Waals surface area contributed by atoms with Crippen LogP contribution in [0.1, 0.15) is 29.6 Å². The Morgan fingerprint density at radius 1 is 1.28 bits per heavy atom. The molecule has 1 amide bonds. The van der Waals surface area contributed by atoms with E-state index < -0.39 is 28.2 Å². The molecule has 8 nitrogen and oxygen atoms in total. The van der Waals surface area contributed by atoms with Gasteiger partial charge in [-0.3, -0.25) is 0 Å². The van der Waals surface area contributed by atoms with Gasteiger partial charge in [0.1, 0.15) is 6.61 Å². The Balaban J connectivity index is 1.68. The van der Waals surface area contributed by atoms with E-state index in [1.807, 2.05) is 0 Å². The number of nitrogens with zero attached hydrogens (tertiary/aromatic N) is 1. The number of benzene rings is 1. The molecule has 0 aliphatic carbocycles. The van der Waals surface area contributed by atoms with Gasteiger partial charge in [-0.05, 0) is 31.0 Å². The summed E-state index contributed by atoms with van der Waals surface area (Å²) in [7, 11) is -3.61. The Morgan fingerprint density at radius 2 is 2.04 bits per heavy atom. The highest BCUT2D eigenvalue weighted by Crippen LogP contribution is 2.21. The molecule has 2 saturated heterocycles. The molecule has 0 spiro atoms. The summed E-state index contributed by atoms with van der Waals surface area (Å²) in [5.41, 5.74) is 0.148. The van der Waals surface area contributed by atoms with Crippen LogP contribution in [0.2, 0.25) is 0 Å². The highest BCUT2D eigenvalue weighted by molar-refractivity contribution is 7.89. The van der Waals surface area contributed by atoms with E-state index in [9.17, 15) is 18.0 Å². The van der Waals surface area contributed by atoms with Crippen LogP contribution in [0, 0.1) is 0 Å². The van der Waals surface area contributed by atoms with Gasteiger partial charge in [0.25, 0.3) is 0 Å². The number of amides is 1. The van der Waals surface area contributed by atoms with Crippen LogP contribution in [-0.4, -0.2) is 57.1 Å². The van der Waals surface area contributed by atoms with Gasteiger partial charge in [0.2, 0.25) is 10.0 Å². The second-order valence-electron chi connectivity index (χ2n) is 6.00. The number of cyclic esters (lactones) is 1. The van der Waals surface area contributed by atoms with E-state index in [4.69, 9.17) is 9.47 Å². The van der Waals surface area contributed by atoms with Crippen LogP contribution in [-0.2, 0) is 19.5 Å². The van der Waals surface area contributed by atoms with Gasteiger partial charge in [-0.2, -0.15) is 4.31 Å². The lowest BCUT2D eigenvalue weighted by Gasteiger charge is -2.26. The molecule has 2 heterocycles. The lowest BCUT2D eigenvalue weighted by atomic mass is 10.2. The molecular weight excluding hydrogens is 348 g/mol. The molecule has 0 radical (unpaired) electrons. The zero-order valence-corrected chi connectivity index (χ0v) is 14.5. The first-order valence-electron chi connectivity index (χ1n) is 8.18. The van der Waals surface area contributed by atoms with Crippen LogP contribution in [0.5, 0.6) is 0 Å². The van der Waals surface area contributed by atoms with Gasteiger partial charge in [0, 0.05) is 13.1 Å². The molecule has 136 valence electrons. The van der Waals surface area contributed by atoms with Crippen LogP contribution in [0.15, 0.2) is 29.2 Å². The fourth-order valence-corrected chi connectivity index (χ4v) is 4.38. The van der Waals surface area contributed by atoms with Gasteiger partial charge in [0.05, 0.1) is 17.0 Å². The number of sulfonamides is 1. The fourth-order valence-electron chi connectivity index (χ4n) is 2.81. The molecule has 1 atom stereocenters. The second kappa shape index (κ2) is 7.40. The maximum atomic E-state index is 12.7. The summed E-state index contributed by atoms with van der Waals surface area (Å²) < 4.78 is 36.8. The molecule has 0 saturated carbocycles. The third-order valence-electron chi connectivity index (χ3n) is 4.17. The van der Waals surface area contributed by atoms with Crippen molar-refractivity contribution in [3.8, 4) is 0 Å². The Bertz CT molecular complexity index is 758. The van der Waals surface area contributed by atoms with E-state index in [1.165, 1.54) is 28.6 Å². The predicted molar refractivity (Wildman–Crippen MR) is 87.6 cm³/mol. The number of carbonyl (C=O) groups is 2. The number of nitrogens with one attached hydrogen (secondary N) is 1. The topological polar surface area (TPSA) is 102 Å². The van der Waals surface area contributed by atoms with E-state index in [-0.39, 0.29) is 23.6 Å². The Hall–Kier alpha value is -2.13. The fraction of sp³-hybridized carbons (Fsp3) is 0.500. The third kappa shape index (κ3) is 4.10. The number of hydrogen-bond acceptors (Lipinski definition) is 6. The van der Waals surface area contributed by atoms with Gasteiger partial charge in [-0.1, -0.05) is 12.5 Å². The van der Waals surface area contributed by atoms with Crippen molar-refractivity contribution in [3.63, 3.8) is 0 Å².